The second kappa shape index (κ2) is 4.25. The Bertz CT molecular complexity index is 452. The zero-order valence-electron chi connectivity index (χ0n) is 11.3. The van der Waals surface area contributed by atoms with Crippen LogP contribution in [0.3, 0.4) is 0 Å². The van der Waals surface area contributed by atoms with E-state index in [2.05, 4.69) is 30.0 Å². The van der Waals surface area contributed by atoms with Crippen molar-refractivity contribution in [2.75, 3.05) is 25.0 Å². The Kier molecular flexibility index (Phi) is 2.83. The van der Waals surface area contributed by atoms with Gasteiger partial charge in [0.15, 0.2) is 0 Å². The number of hydrogen-bond acceptors (Lipinski definition) is 3. The lowest BCUT2D eigenvalue weighted by molar-refractivity contribution is -0.149. The summed E-state index contributed by atoms with van der Waals surface area (Å²) in [6.45, 7) is 4.47. The molecule has 1 aliphatic carbocycles. The number of hydrogen-bond donors (Lipinski definition) is 1. The molecule has 1 aliphatic heterocycles. The topological polar surface area (TPSA) is 26.7 Å². The fourth-order valence-electron chi connectivity index (χ4n) is 3.30. The lowest BCUT2D eigenvalue weighted by Gasteiger charge is -2.32. The standard InChI is InChI=1S/C15H22N2O/c1-15(16(2)18)8-7-12-5-6-13(11-14(12)15)17-9-3-4-10-17/h5-6,11,18H,3-4,7-10H2,1-2H3. The SMILES string of the molecule is CN(O)C1(C)CCc2ccc(N3CCCC3)cc21. The molecule has 1 unspecified atom stereocenters. The van der Waals surface area contributed by atoms with E-state index in [0.717, 1.165) is 12.8 Å². The van der Waals surface area contributed by atoms with Crippen molar-refractivity contribution in [3.8, 4) is 0 Å². The molecule has 1 aromatic rings. The second-order valence-corrected chi connectivity index (χ2v) is 5.83. The average Bonchev–Trinajstić information content (AvgIpc) is 2.98. The Balaban J connectivity index is 1.99. The molecule has 0 radical (unpaired) electrons. The van der Waals surface area contributed by atoms with Gasteiger partial charge in [-0.1, -0.05) is 6.07 Å². The molecule has 1 heterocycles. The van der Waals surface area contributed by atoms with Gasteiger partial charge in [0.25, 0.3) is 0 Å². The molecule has 0 amide bonds. The summed E-state index contributed by atoms with van der Waals surface area (Å²) in [7, 11) is 1.76. The average molecular weight is 246 g/mol. The Morgan fingerprint density at radius 2 is 2.00 bits per heavy atom. The Morgan fingerprint density at radius 3 is 2.67 bits per heavy atom. The van der Waals surface area contributed by atoms with E-state index in [4.69, 9.17) is 0 Å². The highest BCUT2D eigenvalue weighted by Crippen LogP contribution is 2.41. The smallest absolute Gasteiger partial charge is 0.0684 e. The van der Waals surface area contributed by atoms with Gasteiger partial charge in [0.1, 0.15) is 0 Å². The van der Waals surface area contributed by atoms with E-state index in [1.165, 1.54) is 47.8 Å². The maximum Gasteiger partial charge on any atom is 0.0684 e. The van der Waals surface area contributed by atoms with E-state index >= 15 is 0 Å². The highest BCUT2D eigenvalue weighted by molar-refractivity contribution is 5.54. The van der Waals surface area contributed by atoms with Gasteiger partial charge < -0.3 is 10.1 Å². The number of anilines is 1. The summed E-state index contributed by atoms with van der Waals surface area (Å²) in [5.41, 5.74) is 3.80. The summed E-state index contributed by atoms with van der Waals surface area (Å²) in [5.74, 6) is 0. The molecule has 1 N–H and O–H groups in total. The first-order chi connectivity index (χ1) is 8.61. The quantitative estimate of drug-likeness (QED) is 0.813. The molecule has 0 bridgehead atoms. The highest BCUT2D eigenvalue weighted by Gasteiger charge is 2.38. The molecule has 1 atom stereocenters. The Morgan fingerprint density at radius 1 is 1.28 bits per heavy atom. The third-order valence-corrected chi connectivity index (χ3v) is 4.74. The minimum absolute atomic E-state index is 0.217. The molecule has 2 aliphatic rings. The van der Waals surface area contributed by atoms with Crippen LogP contribution in [0.4, 0.5) is 5.69 Å². The molecular formula is C15H22N2O. The predicted molar refractivity (Wildman–Crippen MR) is 73.1 cm³/mol. The van der Waals surface area contributed by atoms with Crippen LogP contribution in [0.1, 0.15) is 37.3 Å². The minimum Gasteiger partial charge on any atom is -0.372 e. The van der Waals surface area contributed by atoms with Gasteiger partial charge in [-0.25, -0.2) is 0 Å². The van der Waals surface area contributed by atoms with Crippen LogP contribution in [0.5, 0.6) is 0 Å². The molecule has 3 rings (SSSR count). The van der Waals surface area contributed by atoms with Crippen LogP contribution in [0.25, 0.3) is 0 Å². The normalized spacial score (nSPS) is 27.0. The van der Waals surface area contributed by atoms with E-state index in [1.54, 1.807) is 7.05 Å². The monoisotopic (exact) mass is 246 g/mol. The molecule has 1 fully saturated rings. The van der Waals surface area contributed by atoms with Crippen molar-refractivity contribution >= 4 is 5.69 Å². The second-order valence-electron chi connectivity index (χ2n) is 5.83. The number of hydroxylamine groups is 2. The number of benzene rings is 1. The van der Waals surface area contributed by atoms with Crippen molar-refractivity contribution in [2.24, 2.45) is 0 Å². The molecule has 1 saturated heterocycles. The molecule has 3 heteroatoms. The van der Waals surface area contributed by atoms with Crippen LogP contribution in [-0.2, 0) is 12.0 Å². The Hall–Kier alpha value is -1.06. The number of nitrogens with zero attached hydrogens (tertiary/aromatic N) is 2. The third kappa shape index (κ3) is 1.73. The molecule has 3 nitrogen and oxygen atoms in total. The summed E-state index contributed by atoms with van der Waals surface area (Å²) in [6.07, 6.45) is 4.66. The van der Waals surface area contributed by atoms with Crippen LogP contribution in [-0.4, -0.2) is 30.4 Å². The van der Waals surface area contributed by atoms with Crippen LogP contribution in [0.2, 0.25) is 0 Å². The van der Waals surface area contributed by atoms with Gasteiger partial charge in [-0.05, 0) is 55.9 Å². The maximum absolute atomic E-state index is 9.93. The number of rotatable bonds is 2. The van der Waals surface area contributed by atoms with Crippen LogP contribution >= 0.6 is 0 Å². The lowest BCUT2D eigenvalue weighted by atomic mass is 9.93. The van der Waals surface area contributed by atoms with Crippen molar-refractivity contribution in [3.05, 3.63) is 29.3 Å². The van der Waals surface area contributed by atoms with Crippen LogP contribution < -0.4 is 4.90 Å². The summed E-state index contributed by atoms with van der Waals surface area (Å²) in [4.78, 5) is 2.45. The molecule has 1 aromatic carbocycles. The Labute approximate surface area is 109 Å². The van der Waals surface area contributed by atoms with Gasteiger partial charge in [0.05, 0.1) is 5.54 Å². The molecule has 18 heavy (non-hydrogen) atoms. The van der Waals surface area contributed by atoms with Gasteiger partial charge >= 0.3 is 0 Å². The molecule has 0 saturated carbocycles. The summed E-state index contributed by atoms with van der Waals surface area (Å²) in [5, 5.41) is 11.3. The summed E-state index contributed by atoms with van der Waals surface area (Å²) >= 11 is 0. The van der Waals surface area contributed by atoms with Crippen molar-refractivity contribution in [1.82, 2.24) is 5.06 Å². The number of fused-ring (bicyclic) bond motifs is 1. The third-order valence-electron chi connectivity index (χ3n) is 4.74. The molecule has 0 spiro atoms. The number of aryl methyl sites for hydroxylation is 1. The summed E-state index contributed by atoms with van der Waals surface area (Å²) in [6, 6.07) is 6.78. The molecule has 0 aromatic heterocycles. The zero-order valence-corrected chi connectivity index (χ0v) is 11.3. The lowest BCUT2D eigenvalue weighted by Crippen LogP contribution is -2.36. The first-order valence-corrected chi connectivity index (χ1v) is 6.92. The predicted octanol–water partition coefficient (Wildman–Crippen LogP) is 2.77. The molecule has 98 valence electrons. The van der Waals surface area contributed by atoms with Gasteiger partial charge in [0, 0.05) is 25.8 Å². The van der Waals surface area contributed by atoms with E-state index in [1.807, 2.05) is 0 Å². The van der Waals surface area contributed by atoms with Crippen molar-refractivity contribution in [2.45, 2.75) is 38.1 Å². The highest BCUT2D eigenvalue weighted by atomic mass is 16.5. The van der Waals surface area contributed by atoms with Crippen molar-refractivity contribution < 1.29 is 5.21 Å². The van der Waals surface area contributed by atoms with Gasteiger partial charge in [-0.2, -0.15) is 5.06 Å². The first-order valence-electron chi connectivity index (χ1n) is 6.92. The van der Waals surface area contributed by atoms with E-state index in [0.29, 0.717) is 0 Å². The maximum atomic E-state index is 9.93. The van der Waals surface area contributed by atoms with Gasteiger partial charge in [-0.15, -0.1) is 0 Å². The van der Waals surface area contributed by atoms with E-state index < -0.39 is 0 Å². The minimum atomic E-state index is -0.217. The van der Waals surface area contributed by atoms with E-state index in [9.17, 15) is 5.21 Å². The van der Waals surface area contributed by atoms with Gasteiger partial charge in [0.2, 0.25) is 0 Å². The molecular weight excluding hydrogens is 224 g/mol. The fraction of sp³-hybridized carbons (Fsp3) is 0.600. The first kappa shape index (κ1) is 12.0. The van der Waals surface area contributed by atoms with Crippen molar-refractivity contribution in [1.29, 1.82) is 0 Å². The largest absolute Gasteiger partial charge is 0.372 e. The van der Waals surface area contributed by atoms with Crippen LogP contribution in [0.15, 0.2) is 18.2 Å². The fourth-order valence-corrected chi connectivity index (χ4v) is 3.30. The van der Waals surface area contributed by atoms with Crippen molar-refractivity contribution in [3.63, 3.8) is 0 Å². The van der Waals surface area contributed by atoms with Gasteiger partial charge in [-0.3, -0.25) is 0 Å². The summed E-state index contributed by atoms with van der Waals surface area (Å²) < 4.78 is 0. The van der Waals surface area contributed by atoms with E-state index in [-0.39, 0.29) is 5.54 Å². The zero-order chi connectivity index (χ0) is 12.8. The van der Waals surface area contributed by atoms with Crippen LogP contribution in [0, 0.1) is 0 Å².